The van der Waals surface area contributed by atoms with Crippen LogP contribution in [0.2, 0.25) is 5.02 Å². The van der Waals surface area contributed by atoms with E-state index in [4.69, 9.17) is 11.6 Å². The van der Waals surface area contributed by atoms with Crippen LogP contribution >= 0.6 is 11.6 Å². The average molecular weight is 355 g/mol. The molecule has 0 unspecified atom stereocenters. The van der Waals surface area contributed by atoms with Crippen molar-refractivity contribution in [3.63, 3.8) is 0 Å². The van der Waals surface area contributed by atoms with Gasteiger partial charge in [-0.05, 0) is 24.3 Å². The Kier molecular flexibility index (Phi) is 4.07. The summed E-state index contributed by atoms with van der Waals surface area (Å²) in [5.41, 5.74) is 3.34. The number of fused-ring (bicyclic) bond motifs is 1. The molecule has 2 amide bonds. The van der Waals surface area contributed by atoms with Crippen molar-refractivity contribution in [2.45, 2.75) is 13.0 Å². The summed E-state index contributed by atoms with van der Waals surface area (Å²) in [5.74, 6) is 0.553. The molecule has 2 aromatic heterocycles. The molecule has 1 aromatic carbocycles. The van der Waals surface area contributed by atoms with Crippen molar-refractivity contribution < 1.29 is 4.79 Å². The molecule has 7 nitrogen and oxygen atoms in total. The first-order chi connectivity index (χ1) is 12.2. The number of H-pyrrole nitrogens is 1. The van der Waals surface area contributed by atoms with Crippen molar-refractivity contribution in [3.05, 3.63) is 59.0 Å². The van der Waals surface area contributed by atoms with Crippen LogP contribution in [-0.4, -0.2) is 37.6 Å². The first-order valence-corrected chi connectivity index (χ1v) is 8.23. The van der Waals surface area contributed by atoms with Crippen molar-refractivity contribution in [2.75, 3.05) is 11.9 Å². The van der Waals surface area contributed by atoms with E-state index in [1.807, 2.05) is 0 Å². The summed E-state index contributed by atoms with van der Waals surface area (Å²) in [5, 5.41) is 10.8. The highest BCUT2D eigenvalue weighted by molar-refractivity contribution is 6.30. The topological polar surface area (TPSA) is 86.8 Å². The molecule has 2 N–H and O–H groups in total. The SMILES string of the molecule is O=C(Nc1cccc(Cl)c1)N1CCc2[nH]nc(-c3ncccn3)c2C1. The molecule has 3 aromatic rings. The van der Waals surface area contributed by atoms with E-state index in [-0.39, 0.29) is 6.03 Å². The second-order valence-corrected chi connectivity index (χ2v) is 6.15. The molecule has 0 bridgehead atoms. The van der Waals surface area contributed by atoms with Crippen LogP contribution in [0.5, 0.6) is 0 Å². The third-order valence-electron chi connectivity index (χ3n) is 4.07. The number of hydrogen-bond donors (Lipinski definition) is 2. The van der Waals surface area contributed by atoms with E-state index in [1.54, 1.807) is 47.6 Å². The Morgan fingerprint density at radius 3 is 2.88 bits per heavy atom. The quantitative estimate of drug-likeness (QED) is 0.740. The molecule has 3 heterocycles. The van der Waals surface area contributed by atoms with Crippen LogP contribution < -0.4 is 5.32 Å². The van der Waals surface area contributed by atoms with Crippen LogP contribution in [-0.2, 0) is 13.0 Å². The number of rotatable bonds is 2. The molecule has 1 aliphatic rings. The van der Waals surface area contributed by atoms with Crippen LogP contribution in [0.25, 0.3) is 11.5 Å². The van der Waals surface area contributed by atoms with Crippen LogP contribution in [0.15, 0.2) is 42.7 Å². The fourth-order valence-electron chi connectivity index (χ4n) is 2.84. The predicted molar refractivity (Wildman–Crippen MR) is 94.2 cm³/mol. The molecular weight excluding hydrogens is 340 g/mol. The fourth-order valence-corrected chi connectivity index (χ4v) is 3.03. The minimum absolute atomic E-state index is 0.172. The number of carbonyl (C=O) groups is 1. The lowest BCUT2D eigenvalue weighted by atomic mass is 10.1. The summed E-state index contributed by atoms with van der Waals surface area (Å²) >= 11 is 5.96. The van der Waals surface area contributed by atoms with E-state index < -0.39 is 0 Å². The van der Waals surface area contributed by atoms with Crippen LogP contribution in [0, 0.1) is 0 Å². The number of anilines is 1. The Bertz CT molecular complexity index is 911. The van der Waals surface area contributed by atoms with Gasteiger partial charge < -0.3 is 10.2 Å². The van der Waals surface area contributed by atoms with Gasteiger partial charge in [0, 0.05) is 47.3 Å². The number of aromatic nitrogens is 4. The second kappa shape index (κ2) is 6.52. The molecule has 0 spiro atoms. The summed E-state index contributed by atoms with van der Waals surface area (Å²) in [6, 6.07) is 8.67. The summed E-state index contributed by atoms with van der Waals surface area (Å²) in [7, 11) is 0. The second-order valence-electron chi connectivity index (χ2n) is 5.71. The number of benzene rings is 1. The first kappa shape index (κ1) is 15.6. The van der Waals surface area contributed by atoms with Gasteiger partial charge in [-0.2, -0.15) is 5.10 Å². The van der Waals surface area contributed by atoms with Gasteiger partial charge in [0.1, 0.15) is 5.69 Å². The molecule has 4 rings (SSSR count). The molecule has 126 valence electrons. The zero-order chi connectivity index (χ0) is 17.2. The van der Waals surface area contributed by atoms with Gasteiger partial charge in [-0.1, -0.05) is 17.7 Å². The van der Waals surface area contributed by atoms with E-state index in [0.29, 0.717) is 41.7 Å². The van der Waals surface area contributed by atoms with E-state index in [2.05, 4.69) is 25.5 Å². The number of nitrogens with one attached hydrogen (secondary N) is 2. The molecule has 0 atom stereocenters. The summed E-state index contributed by atoms with van der Waals surface area (Å²) in [4.78, 5) is 22.8. The van der Waals surface area contributed by atoms with Crippen LogP contribution in [0.1, 0.15) is 11.3 Å². The Balaban J connectivity index is 1.54. The molecule has 0 fully saturated rings. The Hall–Kier alpha value is -2.93. The zero-order valence-electron chi connectivity index (χ0n) is 13.2. The number of hydrogen-bond acceptors (Lipinski definition) is 4. The number of nitrogens with zero attached hydrogens (tertiary/aromatic N) is 4. The molecule has 1 aliphatic heterocycles. The lowest BCUT2D eigenvalue weighted by Crippen LogP contribution is -2.38. The number of halogens is 1. The van der Waals surface area contributed by atoms with Gasteiger partial charge in [0.05, 0.1) is 6.54 Å². The van der Waals surface area contributed by atoms with E-state index in [0.717, 1.165) is 11.3 Å². The highest BCUT2D eigenvalue weighted by Crippen LogP contribution is 2.26. The Labute approximate surface area is 149 Å². The minimum Gasteiger partial charge on any atom is -0.320 e. The van der Waals surface area contributed by atoms with Gasteiger partial charge in [0.15, 0.2) is 5.82 Å². The third-order valence-corrected chi connectivity index (χ3v) is 4.31. The maximum absolute atomic E-state index is 12.6. The fraction of sp³-hybridized carbons (Fsp3) is 0.176. The van der Waals surface area contributed by atoms with Gasteiger partial charge in [0.2, 0.25) is 0 Å². The highest BCUT2D eigenvalue weighted by atomic mass is 35.5. The van der Waals surface area contributed by atoms with Crippen molar-refractivity contribution >= 4 is 23.3 Å². The average Bonchev–Trinajstić information content (AvgIpc) is 3.05. The van der Waals surface area contributed by atoms with E-state index in [1.165, 1.54) is 0 Å². The molecule has 0 radical (unpaired) electrons. The smallest absolute Gasteiger partial charge is 0.320 e. The minimum atomic E-state index is -0.172. The van der Waals surface area contributed by atoms with Crippen LogP contribution in [0.4, 0.5) is 10.5 Å². The van der Waals surface area contributed by atoms with Gasteiger partial charge in [-0.3, -0.25) is 5.10 Å². The van der Waals surface area contributed by atoms with Gasteiger partial charge in [-0.15, -0.1) is 0 Å². The van der Waals surface area contributed by atoms with Crippen LogP contribution in [0.3, 0.4) is 0 Å². The lowest BCUT2D eigenvalue weighted by Gasteiger charge is -2.27. The van der Waals surface area contributed by atoms with Gasteiger partial charge in [-0.25, -0.2) is 14.8 Å². The van der Waals surface area contributed by atoms with Crippen molar-refractivity contribution in [1.82, 2.24) is 25.1 Å². The summed E-state index contributed by atoms with van der Waals surface area (Å²) < 4.78 is 0. The van der Waals surface area contributed by atoms with Gasteiger partial charge >= 0.3 is 6.03 Å². The molecule has 0 saturated heterocycles. The number of carbonyl (C=O) groups excluding carboxylic acids is 1. The van der Waals surface area contributed by atoms with E-state index in [9.17, 15) is 4.79 Å². The van der Waals surface area contributed by atoms with Crippen molar-refractivity contribution in [2.24, 2.45) is 0 Å². The number of amides is 2. The normalized spacial score (nSPS) is 13.4. The van der Waals surface area contributed by atoms with Crippen molar-refractivity contribution in [1.29, 1.82) is 0 Å². The number of urea groups is 1. The third kappa shape index (κ3) is 3.18. The lowest BCUT2D eigenvalue weighted by molar-refractivity contribution is 0.206. The van der Waals surface area contributed by atoms with Gasteiger partial charge in [0.25, 0.3) is 0 Å². The van der Waals surface area contributed by atoms with E-state index >= 15 is 0 Å². The molecule has 25 heavy (non-hydrogen) atoms. The monoisotopic (exact) mass is 354 g/mol. The van der Waals surface area contributed by atoms with Crippen molar-refractivity contribution in [3.8, 4) is 11.5 Å². The molecular formula is C17H15ClN6O. The highest BCUT2D eigenvalue weighted by Gasteiger charge is 2.26. The Morgan fingerprint density at radius 2 is 2.08 bits per heavy atom. The number of aromatic amines is 1. The molecule has 0 aliphatic carbocycles. The molecule has 0 saturated carbocycles. The maximum Gasteiger partial charge on any atom is 0.322 e. The standard InChI is InChI=1S/C17H15ClN6O/c18-11-3-1-4-12(9-11)21-17(25)24-8-5-14-13(10-24)15(23-22-14)16-19-6-2-7-20-16/h1-4,6-7,9H,5,8,10H2,(H,21,25)(H,22,23). The maximum atomic E-state index is 12.6. The Morgan fingerprint density at radius 1 is 1.24 bits per heavy atom. The summed E-state index contributed by atoms with van der Waals surface area (Å²) in [6.45, 7) is 1.06. The zero-order valence-corrected chi connectivity index (χ0v) is 14.0. The first-order valence-electron chi connectivity index (χ1n) is 7.86. The largest absolute Gasteiger partial charge is 0.322 e. The summed E-state index contributed by atoms with van der Waals surface area (Å²) in [6.07, 6.45) is 4.06. The predicted octanol–water partition coefficient (Wildman–Crippen LogP) is 3.11. The molecule has 8 heteroatoms.